The van der Waals surface area contributed by atoms with E-state index in [0.29, 0.717) is 31.8 Å². The second kappa shape index (κ2) is 9.94. The molecule has 0 aliphatic carbocycles. The molecule has 9 heteroatoms. The molecule has 0 saturated carbocycles. The lowest BCUT2D eigenvalue weighted by Gasteiger charge is -2.24. The fraction of sp³-hybridized carbons (Fsp3) is 0.333. The maximum atomic E-state index is 13.8. The highest BCUT2D eigenvalue weighted by atomic mass is 16.5. The van der Waals surface area contributed by atoms with Gasteiger partial charge in [-0.3, -0.25) is 19.3 Å². The minimum atomic E-state index is -0.358. The largest absolute Gasteiger partial charge is 0.370 e. The normalized spacial score (nSPS) is 16.5. The van der Waals surface area contributed by atoms with E-state index in [-0.39, 0.29) is 24.5 Å². The summed E-state index contributed by atoms with van der Waals surface area (Å²) in [5, 5.41) is 5.23. The number of amides is 2. The fourth-order valence-electron chi connectivity index (χ4n) is 4.69. The van der Waals surface area contributed by atoms with Crippen molar-refractivity contribution in [2.24, 2.45) is 7.05 Å². The Morgan fingerprint density at radius 2 is 2.00 bits per heavy atom. The number of aromatic nitrogens is 4. The standard InChI is InChI=1S/C27H30N6O3/c1-18-19(2)30-26-23(18)7-4-8-24(26)27(35)33-15-22(36-17-20-6-5-9-28-10-20)14-32(25(34)16-33)13-21-11-29-31(3)12-21/h4-12,22,30H,13-17H2,1-3H3. The molecule has 0 bridgehead atoms. The number of hydrogen-bond donors (Lipinski definition) is 1. The van der Waals surface area contributed by atoms with Crippen molar-refractivity contribution in [3.63, 3.8) is 0 Å². The molecule has 9 nitrogen and oxygen atoms in total. The highest BCUT2D eigenvalue weighted by Gasteiger charge is 2.32. The second-order valence-electron chi connectivity index (χ2n) is 9.38. The molecule has 2 amide bonds. The van der Waals surface area contributed by atoms with E-state index in [4.69, 9.17) is 4.74 Å². The summed E-state index contributed by atoms with van der Waals surface area (Å²) in [6.45, 7) is 5.47. The average molecular weight is 487 g/mol. The molecule has 4 aromatic rings. The number of hydrogen-bond acceptors (Lipinski definition) is 5. The molecule has 1 N–H and O–H groups in total. The Kier molecular flexibility index (Phi) is 6.56. The summed E-state index contributed by atoms with van der Waals surface area (Å²) in [5.41, 5.74) is 5.37. The van der Waals surface area contributed by atoms with Gasteiger partial charge in [0, 0.05) is 61.9 Å². The van der Waals surface area contributed by atoms with Gasteiger partial charge < -0.3 is 19.5 Å². The molecule has 186 valence electrons. The summed E-state index contributed by atoms with van der Waals surface area (Å²) in [6.07, 6.45) is 6.76. The molecule has 36 heavy (non-hydrogen) atoms. The number of aryl methyl sites for hydroxylation is 3. The summed E-state index contributed by atoms with van der Waals surface area (Å²) < 4.78 is 7.95. The summed E-state index contributed by atoms with van der Waals surface area (Å²) in [4.78, 5) is 38.0. The van der Waals surface area contributed by atoms with E-state index in [1.807, 2.05) is 57.4 Å². The molecule has 0 radical (unpaired) electrons. The molecule has 1 saturated heterocycles. The second-order valence-corrected chi connectivity index (χ2v) is 9.38. The van der Waals surface area contributed by atoms with Gasteiger partial charge in [0.25, 0.3) is 5.91 Å². The van der Waals surface area contributed by atoms with Gasteiger partial charge in [-0.05, 0) is 37.1 Å². The van der Waals surface area contributed by atoms with Crippen LogP contribution in [0.2, 0.25) is 0 Å². The van der Waals surface area contributed by atoms with Crippen molar-refractivity contribution in [3.05, 3.63) is 83.1 Å². The number of para-hydroxylation sites is 1. The molecule has 1 aromatic carbocycles. The summed E-state index contributed by atoms with van der Waals surface area (Å²) in [6, 6.07) is 9.52. The molecule has 0 spiro atoms. The third-order valence-electron chi connectivity index (χ3n) is 6.73. The van der Waals surface area contributed by atoms with Crippen molar-refractivity contribution in [1.82, 2.24) is 29.5 Å². The zero-order chi connectivity index (χ0) is 25.2. The Balaban J connectivity index is 1.42. The number of nitrogens with one attached hydrogen (secondary N) is 1. The van der Waals surface area contributed by atoms with Gasteiger partial charge in [0.2, 0.25) is 5.91 Å². The topological polar surface area (TPSA) is 96.4 Å². The minimum Gasteiger partial charge on any atom is -0.370 e. The van der Waals surface area contributed by atoms with Gasteiger partial charge in [-0.15, -0.1) is 0 Å². The number of nitrogens with zero attached hydrogens (tertiary/aromatic N) is 5. The van der Waals surface area contributed by atoms with Crippen LogP contribution in [0.1, 0.15) is 32.7 Å². The van der Waals surface area contributed by atoms with Crippen LogP contribution in [0.15, 0.2) is 55.1 Å². The van der Waals surface area contributed by atoms with Crippen molar-refractivity contribution in [3.8, 4) is 0 Å². The van der Waals surface area contributed by atoms with E-state index in [1.165, 1.54) is 0 Å². The lowest BCUT2D eigenvalue weighted by Crippen LogP contribution is -2.39. The van der Waals surface area contributed by atoms with Gasteiger partial charge in [-0.25, -0.2) is 0 Å². The molecule has 1 fully saturated rings. The number of carbonyl (C=O) groups excluding carboxylic acids is 2. The SMILES string of the molecule is Cc1[nH]c2c(C(=O)N3CC(=O)N(Cc4cnn(C)c4)CC(OCc4cccnc4)C3)cccc2c1C. The van der Waals surface area contributed by atoms with Gasteiger partial charge in [0.05, 0.1) is 30.0 Å². The van der Waals surface area contributed by atoms with Crippen LogP contribution in [0.4, 0.5) is 0 Å². The van der Waals surface area contributed by atoms with Gasteiger partial charge in [-0.1, -0.05) is 18.2 Å². The highest BCUT2D eigenvalue weighted by molar-refractivity contribution is 6.07. The Labute approximate surface area is 209 Å². The number of pyridine rings is 1. The minimum absolute atomic E-state index is 0.0130. The predicted molar refractivity (Wildman–Crippen MR) is 135 cm³/mol. The summed E-state index contributed by atoms with van der Waals surface area (Å²) >= 11 is 0. The van der Waals surface area contributed by atoms with Crippen LogP contribution in [0.25, 0.3) is 10.9 Å². The van der Waals surface area contributed by atoms with Crippen molar-refractivity contribution >= 4 is 22.7 Å². The highest BCUT2D eigenvalue weighted by Crippen LogP contribution is 2.26. The number of fused-ring (bicyclic) bond motifs is 1. The van der Waals surface area contributed by atoms with E-state index in [1.54, 1.807) is 33.1 Å². The van der Waals surface area contributed by atoms with E-state index in [0.717, 1.165) is 33.3 Å². The zero-order valence-electron chi connectivity index (χ0n) is 20.8. The molecule has 5 rings (SSSR count). The number of rotatable bonds is 6. The number of ether oxygens (including phenoxy) is 1. The number of benzene rings is 1. The molecular formula is C27H30N6O3. The Morgan fingerprint density at radius 3 is 2.75 bits per heavy atom. The third-order valence-corrected chi connectivity index (χ3v) is 6.73. The quantitative estimate of drug-likeness (QED) is 0.452. The van der Waals surface area contributed by atoms with Crippen LogP contribution in [0.5, 0.6) is 0 Å². The van der Waals surface area contributed by atoms with E-state index >= 15 is 0 Å². The van der Waals surface area contributed by atoms with Crippen LogP contribution >= 0.6 is 0 Å². The lowest BCUT2D eigenvalue weighted by molar-refractivity contribution is -0.132. The van der Waals surface area contributed by atoms with Crippen molar-refractivity contribution in [1.29, 1.82) is 0 Å². The first-order valence-corrected chi connectivity index (χ1v) is 12.0. The molecule has 1 unspecified atom stereocenters. The van der Waals surface area contributed by atoms with E-state index < -0.39 is 0 Å². The van der Waals surface area contributed by atoms with Crippen LogP contribution < -0.4 is 0 Å². The predicted octanol–water partition coefficient (Wildman–Crippen LogP) is 2.98. The lowest BCUT2D eigenvalue weighted by atomic mass is 10.1. The fourth-order valence-corrected chi connectivity index (χ4v) is 4.69. The molecule has 3 aromatic heterocycles. The van der Waals surface area contributed by atoms with Crippen molar-refractivity contribution in [2.75, 3.05) is 19.6 Å². The Morgan fingerprint density at radius 1 is 1.14 bits per heavy atom. The van der Waals surface area contributed by atoms with Crippen LogP contribution in [0.3, 0.4) is 0 Å². The number of aromatic amines is 1. The molecular weight excluding hydrogens is 456 g/mol. The first-order chi connectivity index (χ1) is 17.4. The van der Waals surface area contributed by atoms with Crippen LogP contribution in [-0.2, 0) is 29.7 Å². The summed E-state index contributed by atoms with van der Waals surface area (Å²) in [5.74, 6) is -0.306. The van der Waals surface area contributed by atoms with E-state index in [9.17, 15) is 9.59 Å². The first kappa shape index (κ1) is 23.7. The Bertz CT molecular complexity index is 1390. The van der Waals surface area contributed by atoms with Crippen molar-refractivity contribution in [2.45, 2.75) is 33.1 Å². The molecule has 1 aliphatic heterocycles. The maximum Gasteiger partial charge on any atom is 0.256 e. The van der Waals surface area contributed by atoms with Gasteiger partial charge in [0.15, 0.2) is 0 Å². The third kappa shape index (κ3) is 4.87. The summed E-state index contributed by atoms with van der Waals surface area (Å²) in [7, 11) is 1.85. The van der Waals surface area contributed by atoms with Crippen molar-refractivity contribution < 1.29 is 14.3 Å². The van der Waals surface area contributed by atoms with Gasteiger partial charge in [0.1, 0.15) is 6.54 Å². The molecule has 4 heterocycles. The monoisotopic (exact) mass is 486 g/mol. The number of H-pyrrole nitrogens is 1. The number of carbonyl (C=O) groups is 2. The average Bonchev–Trinajstić information content (AvgIpc) is 3.37. The maximum absolute atomic E-state index is 13.8. The smallest absolute Gasteiger partial charge is 0.256 e. The van der Waals surface area contributed by atoms with Gasteiger partial charge >= 0.3 is 0 Å². The van der Waals surface area contributed by atoms with Gasteiger partial charge in [-0.2, -0.15) is 5.10 Å². The van der Waals surface area contributed by atoms with Crippen LogP contribution in [-0.4, -0.2) is 67.1 Å². The molecule has 1 aliphatic rings. The zero-order valence-corrected chi connectivity index (χ0v) is 20.8. The van der Waals surface area contributed by atoms with E-state index in [2.05, 4.69) is 15.1 Å². The first-order valence-electron chi connectivity index (χ1n) is 12.0. The Hall–Kier alpha value is -3.98. The molecule has 1 atom stereocenters. The van der Waals surface area contributed by atoms with Crippen LogP contribution in [0, 0.1) is 13.8 Å².